The van der Waals surface area contributed by atoms with Crippen LogP contribution in [0.4, 0.5) is 0 Å². The molecule has 0 fully saturated rings. The van der Waals surface area contributed by atoms with E-state index in [9.17, 15) is 9.59 Å². The Kier molecular flexibility index (Phi) is 7.43. The third kappa shape index (κ3) is 6.43. The Hall–Kier alpha value is -3.08. The van der Waals surface area contributed by atoms with Gasteiger partial charge in [-0.15, -0.1) is 0 Å². The van der Waals surface area contributed by atoms with Gasteiger partial charge in [0.05, 0.1) is 7.11 Å². The monoisotopic (exact) mass is 353 g/mol. The van der Waals surface area contributed by atoms with E-state index in [4.69, 9.17) is 9.47 Å². The lowest BCUT2D eigenvalue weighted by atomic mass is 10.0. The number of hydrogen-bond acceptors (Lipinski definition) is 4. The van der Waals surface area contributed by atoms with Crippen molar-refractivity contribution in [3.8, 4) is 5.75 Å². The third-order valence-corrected chi connectivity index (χ3v) is 3.85. The highest BCUT2D eigenvalue weighted by atomic mass is 16.5. The Morgan fingerprint density at radius 1 is 1.08 bits per heavy atom. The maximum Gasteiger partial charge on any atom is 0.331 e. The van der Waals surface area contributed by atoms with Gasteiger partial charge in [-0.3, -0.25) is 4.79 Å². The molecule has 2 rings (SSSR count). The quantitative estimate of drug-likeness (QED) is 0.585. The number of benzene rings is 2. The molecule has 1 atom stereocenters. The summed E-state index contributed by atoms with van der Waals surface area (Å²) in [6.45, 7) is 2.22. The molecule has 5 heteroatoms. The van der Waals surface area contributed by atoms with E-state index >= 15 is 0 Å². The second-order valence-electron chi connectivity index (χ2n) is 5.83. The summed E-state index contributed by atoms with van der Waals surface area (Å²) in [6, 6.07) is 17.1. The number of carbonyl (C=O) groups is 2. The summed E-state index contributed by atoms with van der Waals surface area (Å²) in [5.74, 6) is 0.0444. The number of amides is 1. The summed E-state index contributed by atoms with van der Waals surface area (Å²) in [4.78, 5) is 23.5. The second-order valence-corrected chi connectivity index (χ2v) is 5.83. The molecule has 0 aliphatic rings. The Morgan fingerprint density at radius 2 is 1.77 bits per heavy atom. The molecule has 0 unspecified atom stereocenters. The zero-order chi connectivity index (χ0) is 18.8. The van der Waals surface area contributed by atoms with E-state index in [0.29, 0.717) is 6.54 Å². The van der Waals surface area contributed by atoms with Gasteiger partial charge in [0.1, 0.15) is 5.75 Å². The Balaban J connectivity index is 1.70. The van der Waals surface area contributed by atoms with Gasteiger partial charge in [0.2, 0.25) is 0 Å². The highest BCUT2D eigenvalue weighted by molar-refractivity contribution is 5.89. The van der Waals surface area contributed by atoms with E-state index in [1.54, 1.807) is 25.3 Å². The molecular weight excluding hydrogens is 330 g/mol. The first-order valence-corrected chi connectivity index (χ1v) is 8.39. The van der Waals surface area contributed by atoms with Crippen LogP contribution >= 0.6 is 0 Å². The summed E-state index contributed by atoms with van der Waals surface area (Å²) in [7, 11) is 1.59. The van der Waals surface area contributed by atoms with Crippen molar-refractivity contribution in [2.24, 2.45) is 0 Å². The lowest BCUT2D eigenvalue weighted by Gasteiger charge is -2.12. The molecule has 2 aromatic rings. The van der Waals surface area contributed by atoms with E-state index in [1.165, 1.54) is 6.08 Å². The van der Waals surface area contributed by atoms with Crippen LogP contribution in [0.3, 0.4) is 0 Å². The number of esters is 1. The number of methoxy groups -OCH3 is 1. The zero-order valence-electron chi connectivity index (χ0n) is 15.0. The van der Waals surface area contributed by atoms with Crippen LogP contribution in [0.15, 0.2) is 60.7 Å². The summed E-state index contributed by atoms with van der Waals surface area (Å²) >= 11 is 0. The average Bonchev–Trinajstić information content (AvgIpc) is 2.69. The fourth-order valence-corrected chi connectivity index (χ4v) is 2.28. The molecule has 0 spiro atoms. The van der Waals surface area contributed by atoms with Crippen LogP contribution in [-0.2, 0) is 14.3 Å². The lowest BCUT2D eigenvalue weighted by Crippen LogP contribution is -2.31. The van der Waals surface area contributed by atoms with Gasteiger partial charge in [-0.2, -0.15) is 0 Å². The Bertz CT molecular complexity index is 738. The van der Waals surface area contributed by atoms with Crippen LogP contribution in [0.2, 0.25) is 0 Å². The van der Waals surface area contributed by atoms with E-state index in [1.807, 2.05) is 49.4 Å². The van der Waals surface area contributed by atoms with Crippen molar-refractivity contribution < 1.29 is 19.1 Å². The molecule has 1 amide bonds. The van der Waals surface area contributed by atoms with Gasteiger partial charge in [0.25, 0.3) is 5.91 Å². The van der Waals surface area contributed by atoms with Crippen molar-refractivity contribution in [1.82, 2.24) is 5.32 Å². The first-order chi connectivity index (χ1) is 12.6. The number of rotatable bonds is 8. The number of nitrogens with one attached hydrogen (secondary N) is 1. The lowest BCUT2D eigenvalue weighted by molar-refractivity contribution is -0.143. The van der Waals surface area contributed by atoms with Crippen molar-refractivity contribution in [2.75, 3.05) is 20.3 Å². The molecule has 136 valence electrons. The Morgan fingerprint density at radius 3 is 2.42 bits per heavy atom. The molecule has 0 aliphatic heterocycles. The molecule has 0 saturated heterocycles. The minimum atomic E-state index is -0.563. The molecule has 2 aromatic carbocycles. The van der Waals surface area contributed by atoms with Gasteiger partial charge in [0.15, 0.2) is 6.61 Å². The predicted molar refractivity (Wildman–Crippen MR) is 101 cm³/mol. The summed E-state index contributed by atoms with van der Waals surface area (Å²) in [6.07, 6.45) is 2.92. The van der Waals surface area contributed by atoms with Gasteiger partial charge in [-0.05, 0) is 35.3 Å². The third-order valence-electron chi connectivity index (χ3n) is 3.85. The van der Waals surface area contributed by atoms with Gasteiger partial charge >= 0.3 is 5.97 Å². The van der Waals surface area contributed by atoms with Crippen LogP contribution in [0.1, 0.15) is 24.0 Å². The molecule has 0 heterocycles. The largest absolute Gasteiger partial charge is 0.497 e. The van der Waals surface area contributed by atoms with Gasteiger partial charge in [0, 0.05) is 12.6 Å². The van der Waals surface area contributed by atoms with Gasteiger partial charge in [-0.1, -0.05) is 49.4 Å². The Labute approximate surface area is 153 Å². The van der Waals surface area contributed by atoms with Gasteiger partial charge in [-0.25, -0.2) is 4.79 Å². The molecule has 0 saturated carbocycles. The zero-order valence-corrected chi connectivity index (χ0v) is 15.0. The fourth-order valence-electron chi connectivity index (χ4n) is 2.28. The minimum Gasteiger partial charge on any atom is -0.497 e. The highest BCUT2D eigenvalue weighted by Crippen LogP contribution is 2.13. The molecule has 0 aliphatic carbocycles. The van der Waals surface area contributed by atoms with Crippen LogP contribution in [0, 0.1) is 0 Å². The predicted octanol–water partition coefficient (Wildman–Crippen LogP) is 3.17. The second kappa shape index (κ2) is 10.0. The van der Waals surface area contributed by atoms with Crippen molar-refractivity contribution in [3.63, 3.8) is 0 Å². The molecule has 0 aromatic heterocycles. The van der Waals surface area contributed by atoms with E-state index in [2.05, 4.69) is 5.32 Å². The van der Waals surface area contributed by atoms with Crippen LogP contribution < -0.4 is 10.1 Å². The normalized spacial score (nSPS) is 11.8. The summed E-state index contributed by atoms with van der Waals surface area (Å²) < 4.78 is 10.0. The minimum absolute atomic E-state index is 0.186. The first-order valence-electron chi connectivity index (χ1n) is 8.39. The molecule has 1 N–H and O–H groups in total. The summed E-state index contributed by atoms with van der Waals surface area (Å²) in [5.41, 5.74) is 1.98. The first kappa shape index (κ1) is 19.2. The van der Waals surface area contributed by atoms with E-state index < -0.39 is 5.97 Å². The smallest absolute Gasteiger partial charge is 0.331 e. The van der Waals surface area contributed by atoms with Crippen molar-refractivity contribution >= 4 is 18.0 Å². The molecule has 26 heavy (non-hydrogen) atoms. The number of carbonyl (C=O) groups excluding carboxylic acids is 2. The van der Waals surface area contributed by atoms with Gasteiger partial charge < -0.3 is 14.8 Å². The molecule has 0 bridgehead atoms. The number of ether oxygens (including phenoxy) is 2. The van der Waals surface area contributed by atoms with Crippen LogP contribution in [0.25, 0.3) is 6.08 Å². The van der Waals surface area contributed by atoms with E-state index in [0.717, 1.165) is 16.9 Å². The average molecular weight is 353 g/mol. The molecule has 0 radical (unpaired) electrons. The van der Waals surface area contributed by atoms with Crippen molar-refractivity contribution in [1.29, 1.82) is 0 Å². The summed E-state index contributed by atoms with van der Waals surface area (Å²) in [5, 5.41) is 2.77. The molecule has 5 nitrogen and oxygen atoms in total. The SMILES string of the molecule is COc1ccc(/C=C/C(=O)OCC(=O)NC[C@@H](C)c2ccccc2)cc1. The highest BCUT2D eigenvalue weighted by Gasteiger charge is 2.09. The van der Waals surface area contributed by atoms with E-state index in [-0.39, 0.29) is 18.4 Å². The number of hydrogen-bond donors (Lipinski definition) is 1. The van der Waals surface area contributed by atoms with Crippen LogP contribution in [-0.4, -0.2) is 32.1 Å². The fraction of sp³-hybridized carbons (Fsp3) is 0.238. The van der Waals surface area contributed by atoms with Crippen LogP contribution in [0.5, 0.6) is 5.75 Å². The maximum atomic E-state index is 11.8. The van der Waals surface area contributed by atoms with Crippen molar-refractivity contribution in [3.05, 3.63) is 71.8 Å². The standard InChI is InChI=1S/C21H23NO4/c1-16(18-6-4-3-5-7-18)14-22-20(23)15-26-21(24)13-10-17-8-11-19(25-2)12-9-17/h3-13,16H,14-15H2,1-2H3,(H,22,23)/b13-10+/t16-/m1/s1. The molecular formula is C21H23NO4. The topological polar surface area (TPSA) is 64.6 Å². The maximum absolute atomic E-state index is 11.8. The van der Waals surface area contributed by atoms with Crippen molar-refractivity contribution in [2.45, 2.75) is 12.8 Å².